The fourth-order valence-corrected chi connectivity index (χ4v) is 5.09. The second-order valence-electron chi connectivity index (χ2n) is 6.01. The van der Waals surface area contributed by atoms with Gasteiger partial charge in [-0.1, -0.05) is 54.6 Å². The Labute approximate surface area is 154 Å². The molecule has 0 saturated carbocycles. The number of hydrogen-bond donors (Lipinski definition) is 0. The molecular formula is C22H15NS2. The molecule has 0 amide bonds. The molecule has 1 nitrogen and oxygen atoms in total. The van der Waals surface area contributed by atoms with Crippen LogP contribution in [0.4, 0.5) is 0 Å². The van der Waals surface area contributed by atoms with Crippen molar-refractivity contribution in [2.75, 3.05) is 6.26 Å². The molecule has 0 spiro atoms. The molecular weight excluding hydrogens is 342 g/mol. The molecule has 0 fully saturated rings. The number of fused-ring (bicyclic) bond motifs is 4. The molecule has 3 heteroatoms. The molecule has 120 valence electrons. The Morgan fingerprint density at radius 1 is 0.800 bits per heavy atom. The lowest BCUT2D eigenvalue weighted by Gasteiger charge is -2.13. The van der Waals surface area contributed by atoms with E-state index in [1.807, 2.05) is 0 Å². The largest absolute Gasteiger partial charge is 0.237 e. The van der Waals surface area contributed by atoms with E-state index in [1.165, 1.54) is 37.1 Å². The van der Waals surface area contributed by atoms with Crippen LogP contribution in [-0.2, 0) is 0 Å². The summed E-state index contributed by atoms with van der Waals surface area (Å²) in [5, 5.41) is 3.66. The Morgan fingerprint density at radius 2 is 1.60 bits per heavy atom. The number of rotatable bonds is 2. The van der Waals surface area contributed by atoms with Crippen molar-refractivity contribution in [1.29, 1.82) is 0 Å². The normalized spacial score (nSPS) is 11.6. The molecule has 2 heterocycles. The van der Waals surface area contributed by atoms with Crippen LogP contribution in [0.1, 0.15) is 0 Å². The van der Waals surface area contributed by atoms with Gasteiger partial charge >= 0.3 is 0 Å². The van der Waals surface area contributed by atoms with Crippen molar-refractivity contribution in [2.45, 2.75) is 4.90 Å². The zero-order valence-electron chi connectivity index (χ0n) is 13.7. The number of benzene rings is 3. The van der Waals surface area contributed by atoms with Crippen molar-refractivity contribution in [2.24, 2.45) is 0 Å². The van der Waals surface area contributed by atoms with Gasteiger partial charge in [-0.25, -0.2) is 4.98 Å². The minimum atomic E-state index is 1.08. The molecule has 0 aliphatic carbocycles. The summed E-state index contributed by atoms with van der Waals surface area (Å²) in [4.78, 5) is 6.21. The average Bonchev–Trinajstić information content (AvgIpc) is 3.04. The molecule has 0 saturated heterocycles. The summed E-state index contributed by atoms with van der Waals surface area (Å²) < 4.78 is 1.29. The van der Waals surface area contributed by atoms with Crippen molar-refractivity contribution in [1.82, 2.24) is 4.98 Å². The zero-order chi connectivity index (χ0) is 16.8. The summed E-state index contributed by atoms with van der Waals surface area (Å²) in [6.07, 6.45) is 2.12. The predicted molar refractivity (Wildman–Crippen MR) is 111 cm³/mol. The molecule has 2 aliphatic rings. The molecule has 0 radical (unpaired) electrons. The van der Waals surface area contributed by atoms with Crippen LogP contribution in [0.25, 0.3) is 42.7 Å². The van der Waals surface area contributed by atoms with Gasteiger partial charge in [-0.15, -0.1) is 23.1 Å². The van der Waals surface area contributed by atoms with Crippen molar-refractivity contribution in [3.8, 4) is 21.7 Å². The van der Waals surface area contributed by atoms with Gasteiger partial charge in [-0.05, 0) is 30.0 Å². The Morgan fingerprint density at radius 3 is 2.44 bits per heavy atom. The molecule has 2 aliphatic heterocycles. The van der Waals surface area contributed by atoms with E-state index >= 15 is 0 Å². The van der Waals surface area contributed by atoms with Gasteiger partial charge in [0.05, 0.1) is 5.52 Å². The highest BCUT2D eigenvalue weighted by molar-refractivity contribution is 7.98. The SMILES string of the molecule is CSc1ccc2c(-c3ccccc3)c3c4ccccc4nc-3sc2c1. The average molecular weight is 358 g/mol. The maximum atomic E-state index is 4.92. The van der Waals surface area contributed by atoms with E-state index in [0.717, 1.165) is 10.5 Å². The van der Waals surface area contributed by atoms with Crippen LogP contribution in [0, 0.1) is 0 Å². The Bertz CT molecular complexity index is 1170. The van der Waals surface area contributed by atoms with Gasteiger partial charge in [-0.2, -0.15) is 0 Å². The molecule has 25 heavy (non-hydrogen) atoms. The minimum Gasteiger partial charge on any atom is -0.237 e. The van der Waals surface area contributed by atoms with Crippen molar-refractivity contribution >= 4 is 44.1 Å². The quantitative estimate of drug-likeness (QED) is 0.317. The van der Waals surface area contributed by atoms with E-state index < -0.39 is 0 Å². The third-order valence-electron chi connectivity index (χ3n) is 4.59. The molecule has 3 aromatic carbocycles. The number of thioether (sulfide) groups is 1. The maximum Gasteiger partial charge on any atom is 0.125 e. The second-order valence-corrected chi connectivity index (χ2v) is 7.92. The first-order chi connectivity index (χ1) is 12.3. The second kappa shape index (κ2) is 5.87. The van der Waals surface area contributed by atoms with Crippen molar-refractivity contribution in [3.05, 3.63) is 72.8 Å². The van der Waals surface area contributed by atoms with Gasteiger partial charge < -0.3 is 0 Å². The van der Waals surface area contributed by atoms with Gasteiger partial charge in [0.1, 0.15) is 5.01 Å². The summed E-state index contributed by atoms with van der Waals surface area (Å²) in [7, 11) is 0. The van der Waals surface area contributed by atoms with E-state index in [4.69, 9.17) is 4.98 Å². The van der Waals surface area contributed by atoms with Crippen molar-refractivity contribution in [3.63, 3.8) is 0 Å². The molecule has 0 atom stereocenters. The highest BCUT2D eigenvalue weighted by Gasteiger charge is 2.21. The monoisotopic (exact) mass is 357 g/mol. The van der Waals surface area contributed by atoms with E-state index in [-0.39, 0.29) is 0 Å². The van der Waals surface area contributed by atoms with E-state index in [1.54, 1.807) is 23.1 Å². The lowest BCUT2D eigenvalue weighted by molar-refractivity contribution is 1.51. The molecule has 3 aromatic rings. The van der Waals surface area contributed by atoms with Crippen LogP contribution in [0.5, 0.6) is 0 Å². The Balaban J connectivity index is 2.00. The summed E-state index contributed by atoms with van der Waals surface area (Å²) >= 11 is 3.57. The molecule has 0 unspecified atom stereocenters. The van der Waals surface area contributed by atoms with Gasteiger partial charge in [0.25, 0.3) is 0 Å². The van der Waals surface area contributed by atoms with Crippen LogP contribution in [0.15, 0.2) is 77.7 Å². The first-order valence-corrected chi connectivity index (χ1v) is 10.2. The summed E-state index contributed by atoms with van der Waals surface area (Å²) in [6, 6.07) is 25.9. The summed E-state index contributed by atoms with van der Waals surface area (Å²) in [5.41, 5.74) is 4.90. The number of nitrogens with zero attached hydrogens (tertiary/aromatic N) is 1. The Hall–Kier alpha value is -2.36. The molecule has 0 bridgehead atoms. The van der Waals surface area contributed by atoms with E-state index in [9.17, 15) is 0 Å². The van der Waals surface area contributed by atoms with Gasteiger partial charge in [0.15, 0.2) is 0 Å². The number of para-hydroxylation sites is 1. The fourth-order valence-electron chi connectivity index (χ4n) is 3.44. The highest BCUT2D eigenvalue weighted by Crippen LogP contribution is 2.47. The van der Waals surface area contributed by atoms with Gasteiger partial charge in [-0.3, -0.25) is 0 Å². The van der Waals surface area contributed by atoms with Gasteiger partial charge in [0.2, 0.25) is 0 Å². The van der Waals surface area contributed by atoms with Crippen LogP contribution in [0.2, 0.25) is 0 Å². The highest BCUT2D eigenvalue weighted by atomic mass is 32.2. The summed E-state index contributed by atoms with van der Waals surface area (Å²) in [5.74, 6) is 0. The van der Waals surface area contributed by atoms with E-state index in [2.05, 4.69) is 79.1 Å². The van der Waals surface area contributed by atoms with Crippen LogP contribution in [-0.4, -0.2) is 11.2 Å². The van der Waals surface area contributed by atoms with Crippen LogP contribution < -0.4 is 0 Å². The molecule has 5 rings (SSSR count). The van der Waals surface area contributed by atoms with Crippen LogP contribution >= 0.6 is 23.1 Å². The molecule has 0 N–H and O–H groups in total. The standard InChI is InChI=1S/C22H15NS2/c1-24-15-11-12-17-19(13-15)25-22-21(16-9-5-6-10-18(16)23-22)20(17)14-7-3-2-4-8-14/h2-13H,1H3. The fraction of sp³-hybridized carbons (Fsp3) is 0.0455. The van der Waals surface area contributed by atoms with E-state index in [0.29, 0.717) is 0 Å². The lowest BCUT2D eigenvalue weighted by Crippen LogP contribution is -1.87. The summed E-state index contributed by atoms with van der Waals surface area (Å²) in [6.45, 7) is 0. The first-order valence-electron chi connectivity index (χ1n) is 8.19. The predicted octanol–water partition coefficient (Wildman–Crippen LogP) is 6.94. The Kier molecular flexibility index (Phi) is 3.51. The molecule has 0 aromatic heterocycles. The first kappa shape index (κ1) is 14.9. The number of hydrogen-bond acceptors (Lipinski definition) is 3. The maximum absolute atomic E-state index is 4.92. The smallest absolute Gasteiger partial charge is 0.125 e. The van der Waals surface area contributed by atoms with Crippen LogP contribution in [0.3, 0.4) is 0 Å². The third kappa shape index (κ3) is 2.35. The lowest BCUT2D eigenvalue weighted by atomic mass is 9.96. The topological polar surface area (TPSA) is 12.9 Å². The number of aromatic nitrogens is 1. The van der Waals surface area contributed by atoms with Gasteiger partial charge in [0, 0.05) is 31.5 Å². The van der Waals surface area contributed by atoms with Crippen molar-refractivity contribution < 1.29 is 0 Å². The zero-order valence-corrected chi connectivity index (χ0v) is 15.3. The minimum absolute atomic E-state index is 1.08. The third-order valence-corrected chi connectivity index (χ3v) is 6.36.